The SMILES string of the molecule is CCCC1CCC(C2CCC(C3CCC(=O)CC3)CC2)OC1.CCCC1CCC(C2CCC(C3CCC(O)(c4cc(F)c(F)c(F)c4)CC3)CC2)OC1.Fc1cc(Br)cc(F)c1F.[H-].[H-].[Mg+2]. The summed E-state index contributed by atoms with van der Waals surface area (Å²) in [4.78, 5) is 11.4. The molecule has 8 rings (SSSR count). The van der Waals surface area contributed by atoms with Crippen LogP contribution in [-0.2, 0) is 19.9 Å². The molecule has 1 N–H and O–H groups in total. The van der Waals surface area contributed by atoms with Crippen LogP contribution in [0.25, 0.3) is 0 Å². The van der Waals surface area contributed by atoms with E-state index in [2.05, 4.69) is 29.8 Å². The first-order chi connectivity index (χ1) is 30.3. The van der Waals surface area contributed by atoms with Gasteiger partial charge in [-0.3, -0.25) is 4.79 Å². The van der Waals surface area contributed by atoms with Crippen LogP contribution in [-0.4, -0.2) is 59.4 Å². The van der Waals surface area contributed by atoms with Crippen molar-refractivity contribution in [2.45, 2.75) is 186 Å². The minimum Gasteiger partial charge on any atom is -1.00 e. The minimum absolute atomic E-state index is 0. The molecule has 2 aliphatic heterocycles. The first-order valence-corrected chi connectivity index (χ1v) is 25.5. The molecule has 6 aliphatic rings. The average molecular weight is 982 g/mol. The van der Waals surface area contributed by atoms with Crippen LogP contribution in [0.15, 0.2) is 28.7 Å². The fourth-order valence-corrected chi connectivity index (χ4v) is 12.7. The zero-order chi connectivity index (χ0) is 45.1. The van der Waals surface area contributed by atoms with Crippen molar-refractivity contribution >= 4 is 44.8 Å². The summed E-state index contributed by atoms with van der Waals surface area (Å²) in [6.45, 7) is 6.48. The molecule has 358 valence electrons. The number of hydrogen-bond donors (Lipinski definition) is 1. The van der Waals surface area contributed by atoms with Crippen LogP contribution in [0.5, 0.6) is 0 Å². The molecule has 0 radical (unpaired) electrons. The molecular formula is C52H75BrF6MgO4. The Hall–Kier alpha value is -1.18. The van der Waals surface area contributed by atoms with Crippen molar-refractivity contribution < 1.29 is 48.6 Å². The summed E-state index contributed by atoms with van der Waals surface area (Å²) in [5.74, 6) is -1.18. The molecule has 0 aromatic heterocycles. The quantitative estimate of drug-likeness (QED) is 0.118. The van der Waals surface area contributed by atoms with Crippen molar-refractivity contribution in [1.29, 1.82) is 0 Å². The van der Waals surface area contributed by atoms with Crippen molar-refractivity contribution in [1.82, 2.24) is 0 Å². The first-order valence-electron chi connectivity index (χ1n) is 24.7. The van der Waals surface area contributed by atoms with Crippen LogP contribution >= 0.6 is 15.9 Å². The molecule has 4 aliphatic carbocycles. The average Bonchev–Trinajstić information content (AvgIpc) is 3.29. The second-order valence-corrected chi connectivity index (χ2v) is 21.2. The second kappa shape index (κ2) is 26.0. The van der Waals surface area contributed by atoms with Gasteiger partial charge in [-0.15, -0.1) is 0 Å². The number of hydrogen-bond acceptors (Lipinski definition) is 4. The fourth-order valence-electron chi connectivity index (χ4n) is 12.3. The van der Waals surface area contributed by atoms with Gasteiger partial charge in [-0.1, -0.05) is 42.6 Å². The van der Waals surface area contributed by atoms with E-state index in [1.807, 2.05) is 0 Å². The van der Waals surface area contributed by atoms with Crippen LogP contribution in [0, 0.1) is 82.2 Å². The molecule has 12 heteroatoms. The van der Waals surface area contributed by atoms with Gasteiger partial charge in [0, 0.05) is 30.5 Å². The maximum atomic E-state index is 13.6. The van der Waals surface area contributed by atoms with Gasteiger partial charge in [0.1, 0.15) is 5.78 Å². The smallest absolute Gasteiger partial charge is 1.00 e. The molecule has 0 bridgehead atoms. The van der Waals surface area contributed by atoms with Gasteiger partial charge in [0.05, 0.1) is 17.8 Å². The van der Waals surface area contributed by atoms with E-state index in [1.165, 1.54) is 116 Å². The molecule has 4 nitrogen and oxygen atoms in total. The van der Waals surface area contributed by atoms with Gasteiger partial charge in [0.25, 0.3) is 0 Å². The van der Waals surface area contributed by atoms with Crippen LogP contribution in [0.1, 0.15) is 176 Å². The topological polar surface area (TPSA) is 55.8 Å². The van der Waals surface area contributed by atoms with Crippen molar-refractivity contribution in [3.8, 4) is 0 Å². The summed E-state index contributed by atoms with van der Waals surface area (Å²) < 4.78 is 89.8. The molecule has 4 atom stereocenters. The molecule has 2 aromatic carbocycles. The summed E-state index contributed by atoms with van der Waals surface area (Å²) >= 11 is 2.80. The summed E-state index contributed by atoms with van der Waals surface area (Å²) in [7, 11) is 0. The van der Waals surface area contributed by atoms with Gasteiger partial charge >= 0.3 is 23.1 Å². The van der Waals surface area contributed by atoms with E-state index in [1.54, 1.807) is 0 Å². The normalized spacial score (nSPS) is 32.6. The number of carbonyl (C=O) groups is 1. The number of benzene rings is 2. The van der Waals surface area contributed by atoms with Gasteiger partial charge in [-0.2, -0.15) is 0 Å². The third-order valence-electron chi connectivity index (χ3n) is 16.1. The Balaban J connectivity index is 0.000000288. The maximum Gasteiger partial charge on any atom is 2.00 e. The van der Waals surface area contributed by atoms with Crippen LogP contribution < -0.4 is 0 Å². The Morgan fingerprint density at radius 2 is 0.922 bits per heavy atom. The van der Waals surface area contributed by atoms with Crippen LogP contribution in [0.4, 0.5) is 26.3 Å². The van der Waals surface area contributed by atoms with Gasteiger partial charge in [0.2, 0.25) is 0 Å². The summed E-state index contributed by atoms with van der Waals surface area (Å²) in [6.07, 6.45) is 28.5. The van der Waals surface area contributed by atoms with E-state index in [0.717, 1.165) is 92.8 Å². The van der Waals surface area contributed by atoms with Gasteiger partial charge in [-0.25, -0.2) is 26.3 Å². The maximum absolute atomic E-state index is 13.6. The van der Waals surface area contributed by atoms with E-state index in [4.69, 9.17) is 9.47 Å². The molecule has 0 spiro atoms. The molecule has 4 unspecified atom stereocenters. The number of ether oxygens (including phenoxy) is 2. The van der Waals surface area contributed by atoms with E-state index in [-0.39, 0.29) is 35.9 Å². The number of Topliss-reactive ketones (excluding diaryl/α,β-unsaturated/α-hetero) is 1. The van der Waals surface area contributed by atoms with Crippen molar-refractivity contribution in [3.05, 3.63) is 69.2 Å². The zero-order valence-electron chi connectivity index (χ0n) is 40.5. The van der Waals surface area contributed by atoms with Gasteiger partial charge < -0.3 is 17.4 Å². The molecule has 64 heavy (non-hydrogen) atoms. The second-order valence-electron chi connectivity index (χ2n) is 20.2. The first kappa shape index (κ1) is 53.8. The van der Waals surface area contributed by atoms with E-state index >= 15 is 0 Å². The van der Waals surface area contributed by atoms with Crippen LogP contribution in [0.3, 0.4) is 0 Å². The molecule has 2 aromatic rings. The Labute approximate surface area is 406 Å². The van der Waals surface area contributed by atoms with Crippen molar-refractivity contribution in [2.24, 2.45) is 47.3 Å². The Bertz CT molecular complexity index is 1690. The molecular weight excluding hydrogens is 907 g/mol. The van der Waals surface area contributed by atoms with Gasteiger partial charge in [0.15, 0.2) is 34.9 Å². The minimum atomic E-state index is -1.47. The number of halogens is 7. The predicted molar refractivity (Wildman–Crippen MR) is 247 cm³/mol. The molecule has 6 fully saturated rings. The van der Waals surface area contributed by atoms with Crippen LogP contribution in [0.2, 0.25) is 0 Å². The van der Waals surface area contributed by atoms with E-state index in [0.29, 0.717) is 48.6 Å². The van der Waals surface area contributed by atoms with Gasteiger partial charge in [-0.05, 0) is 206 Å². The van der Waals surface area contributed by atoms with E-state index in [9.17, 15) is 36.2 Å². The zero-order valence-corrected chi connectivity index (χ0v) is 41.5. The molecule has 4 saturated carbocycles. The summed E-state index contributed by atoms with van der Waals surface area (Å²) in [6, 6.07) is 3.63. The Morgan fingerprint density at radius 1 is 0.562 bits per heavy atom. The largest absolute Gasteiger partial charge is 2.00 e. The number of carbonyl (C=O) groups excluding carboxylic acids is 1. The Morgan fingerprint density at radius 3 is 1.30 bits per heavy atom. The third kappa shape index (κ3) is 14.9. The fraction of sp³-hybridized carbons (Fsp3) is 0.750. The Kier molecular flexibility index (Phi) is 21.8. The molecule has 0 amide bonds. The standard InChI is InChI=1S/C26H37F3O2.C20H34O2.C6H2BrF3.Mg.2H/c1-2-3-17-4-9-24(31-16-17)20-7-5-18(6-8-20)19-10-12-26(30,13-11-19)21-14-22(27)25(29)23(28)15-21;1-2-3-15-4-13-20(22-14-15)18-7-5-16(6-8-18)17-9-11-19(21)12-10-17;7-3-1-4(8)6(10)5(9)2-3;;;/h14-15,17-20,24,30H,2-13,16H2,1H3;15-18,20H,2-14H2,1H3;1-2H;;;/q;;;+2;2*-1. The van der Waals surface area contributed by atoms with Crippen molar-refractivity contribution in [2.75, 3.05) is 13.2 Å². The molecule has 2 saturated heterocycles. The monoisotopic (exact) mass is 980 g/mol. The number of ketones is 1. The predicted octanol–water partition coefficient (Wildman–Crippen LogP) is 14.7. The van der Waals surface area contributed by atoms with E-state index < -0.39 is 40.5 Å². The molecule has 2 heterocycles. The third-order valence-corrected chi connectivity index (χ3v) is 16.6. The summed E-state index contributed by atoms with van der Waals surface area (Å²) in [5, 5.41) is 11.0. The summed E-state index contributed by atoms with van der Waals surface area (Å²) in [5.41, 5.74) is -1.09. The number of aliphatic hydroxyl groups is 1. The number of rotatable bonds is 9. The van der Waals surface area contributed by atoms with Crippen molar-refractivity contribution in [3.63, 3.8) is 0 Å².